The van der Waals surface area contributed by atoms with E-state index in [2.05, 4.69) is 36.9 Å². The third-order valence-electron chi connectivity index (χ3n) is 4.69. The van der Waals surface area contributed by atoms with E-state index < -0.39 is 0 Å². The van der Waals surface area contributed by atoms with Crippen LogP contribution < -0.4 is 4.90 Å². The van der Waals surface area contributed by atoms with Crippen LogP contribution in [-0.2, 0) is 0 Å². The molecule has 0 spiro atoms. The second kappa shape index (κ2) is 6.63. The number of aryl methyl sites for hydroxylation is 3. The molecule has 0 unspecified atom stereocenters. The average Bonchev–Trinajstić information content (AvgIpc) is 2.59. The molecule has 0 radical (unpaired) electrons. The summed E-state index contributed by atoms with van der Waals surface area (Å²) in [6.45, 7) is 8.81. The summed E-state index contributed by atoms with van der Waals surface area (Å²) in [6.07, 6.45) is 0. The number of piperazine rings is 1. The van der Waals surface area contributed by atoms with Crippen molar-refractivity contribution in [3.05, 3.63) is 64.5 Å². The van der Waals surface area contributed by atoms with Crippen molar-refractivity contribution in [2.45, 2.75) is 20.8 Å². The molecule has 3 nitrogen and oxygen atoms in total. The topological polar surface area (TPSA) is 23.6 Å². The predicted octanol–water partition coefficient (Wildman–Crippen LogP) is 3.71. The van der Waals surface area contributed by atoms with Crippen molar-refractivity contribution in [3.63, 3.8) is 0 Å². The number of carbonyl (C=O) groups excluding carboxylic acids is 1. The van der Waals surface area contributed by atoms with E-state index in [0.717, 1.165) is 13.1 Å². The van der Waals surface area contributed by atoms with Gasteiger partial charge in [0, 0.05) is 37.4 Å². The van der Waals surface area contributed by atoms with Gasteiger partial charge in [-0.05, 0) is 55.7 Å². The van der Waals surface area contributed by atoms with Gasteiger partial charge in [0.25, 0.3) is 5.91 Å². The molecule has 4 heteroatoms. The minimum Gasteiger partial charge on any atom is -0.368 e. The van der Waals surface area contributed by atoms with Gasteiger partial charge in [0.15, 0.2) is 0 Å². The Morgan fingerprint density at radius 1 is 0.917 bits per heavy atom. The van der Waals surface area contributed by atoms with Gasteiger partial charge in [0.1, 0.15) is 5.82 Å². The number of benzene rings is 2. The van der Waals surface area contributed by atoms with E-state index in [1.165, 1.54) is 22.9 Å². The van der Waals surface area contributed by atoms with Crippen LogP contribution in [-0.4, -0.2) is 37.0 Å². The lowest BCUT2D eigenvalue weighted by Gasteiger charge is -2.37. The first-order valence-electron chi connectivity index (χ1n) is 8.33. The molecule has 1 amide bonds. The molecule has 3 rings (SSSR count). The number of anilines is 1. The van der Waals surface area contributed by atoms with Crippen molar-refractivity contribution < 1.29 is 9.18 Å². The molecular weight excluding hydrogens is 303 g/mol. The summed E-state index contributed by atoms with van der Waals surface area (Å²) >= 11 is 0. The van der Waals surface area contributed by atoms with Crippen molar-refractivity contribution in [2.75, 3.05) is 31.1 Å². The van der Waals surface area contributed by atoms with Crippen molar-refractivity contribution in [1.82, 2.24) is 4.90 Å². The predicted molar refractivity (Wildman–Crippen MR) is 95.2 cm³/mol. The first kappa shape index (κ1) is 16.5. The molecule has 1 aliphatic rings. The lowest BCUT2D eigenvalue weighted by atomic mass is 10.1. The number of rotatable bonds is 2. The van der Waals surface area contributed by atoms with Gasteiger partial charge in [-0.2, -0.15) is 0 Å². The van der Waals surface area contributed by atoms with Gasteiger partial charge in [-0.1, -0.05) is 18.2 Å². The van der Waals surface area contributed by atoms with Crippen LogP contribution in [0.2, 0.25) is 0 Å². The summed E-state index contributed by atoms with van der Waals surface area (Å²) < 4.78 is 13.7. The fourth-order valence-corrected chi connectivity index (χ4v) is 3.12. The maximum atomic E-state index is 13.7. The van der Waals surface area contributed by atoms with Crippen LogP contribution in [0.1, 0.15) is 27.0 Å². The molecule has 126 valence electrons. The van der Waals surface area contributed by atoms with Crippen LogP contribution in [0.3, 0.4) is 0 Å². The van der Waals surface area contributed by atoms with Gasteiger partial charge in [-0.15, -0.1) is 0 Å². The number of amides is 1. The summed E-state index contributed by atoms with van der Waals surface area (Å²) in [5.74, 6) is -0.413. The van der Waals surface area contributed by atoms with Gasteiger partial charge < -0.3 is 9.80 Å². The van der Waals surface area contributed by atoms with Crippen molar-refractivity contribution >= 4 is 11.6 Å². The Bertz CT molecular complexity index is 764. The molecule has 2 aromatic carbocycles. The Morgan fingerprint density at radius 3 is 2.25 bits per heavy atom. The van der Waals surface area contributed by atoms with E-state index in [-0.39, 0.29) is 11.7 Å². The van der Waals surface area contributed by atoms with Gasteiger partial charge >= 0.3 is 0 Å². The van der Waals surface area contributed by atoms with Gasteiger partial charge in [-0.3, -0.25) is 4.79 Å². The smallest absolute Gasteiger partial charge is 0.254 e. The standard InChI is InChI=1S/C20H23FN2O/c1-14-4-5-16(3)19(12-14)22-8-10-23(11-9-22)20(24)17-7-6-15(2)18(21)13-17/h4-7,12-13H,8-11H2,1-3H3. The molecule has 1 heterocycles. The lowest BCUT2D eigenvalue weighted by Crippen LogP contribution is -2.49. The number of nitrogens with zero attached hydrogens (tertiary/aromatic N) is 2. The maximum absolute atomic E-state index is 13.7. The molecule has 0 aliphatic carbocycles. The molecule has 1 aliphatic heterocycles. The molecule has 0 saturated carbocycles. The highest BCUT2D eigenvalue weighted by Crippen LogP contribution is 2.23. The van der Waals surface area contributed by atoms with E-state index in [4.69, 9.17) is 0 Å². The van der Waals surface area contributed by atoms with Crippen molar-refractivity contribution in [1.29, 1.82) is 0 Å². The van der Waals surface area contributed by atoms with Crippen molar-refractivity contribution in [3.8, 4) is 0 Å². The number of carbonyl (C=O) groups is 1. The van der Waals surface area contributed by atoms with E-state index in [9.17, 15) is 9.18 Å². The molecule has 0 aromatic heterocycles. The SMILES string of the molecule is Cc1ccc(C)c(N2CCN(C(=O)c3ccc(C)c(F)c3)CC2)c1. The molecule has 24 heavy (non-hydrogen) atoms. The van der Waals surface area contributed by atoms with Gasteiger partial charge in [-0.25, -0.2) is 4.39 Å². The summed E-state index contributed by atoms with van der Waals surface area (Å²) in [4.78, 5) is 16.7. The zero-order valence-electron chi connectivity index (χ0n) is 14.5. The fourth-order valence-electron chi connectivity index (χ4n) is 3.12. The van der Waals surface area contributed by atoms with Gasteiger partial charge in [0.2, 0.25) is 0 Å². The highest BCUT2D eigenvalue weighted by atomic mass is 19.1. The highest BCUT2D eigenvalue weighted by molar-refractivity contribution is 5.94. The van der Waals surface area contributed by atoms with Crippen LogP contribution in [0.15, 0.2) is 36.4 Å². The Morgan fingerprint density at radius 2 is 1.58 bits per heavy atom. The molecule has 0 N–H and O–H groups in total. The zero-order valence-corrected chi connectivity index (χ0v) is 14.5. The summed E-state index contributed by atoms with van der Waals surface area (Å²) in [5.41, 5.74) is 4.72. The molecular formula is C20H23FN2O. The molecule has 0 atom stereocenters. The number of halogens is 1. The summed E-state index contributed by atoms with van der Waals surface area (Å²) in [5, 5.41) is 0. The van der Waals surface area contributed by atoms with E-state index in [1.54, 1.807) is 19.1 Å². The second-order valence-corrected chi connectivity index (χ2v) is 6.53. The fraction of sp³-hybridized carbons (Fsp3) is 0.350. The normalized spacial score (nSPS) is 14.8. The Hall–Kier alpha value is -2.36. The minimum absolute atomic E-state index is 0.0884. The molecule has 0 bridgehead atoms. The van der Waals surface area contributed by atoms with E-state index in [1.807, 2.05) is 4.90 Å². The van der Waals surface area contributed by atoms with E-state index >= 15 is 0 Å². The number of hydrogen-bond donors (Lipinski definition) is 0. The monoisotopic (exact) mass is 326 g/mol. The summed E-state index contributed by atoms with van der Waals surface area (Å²) in [7, 11) is 0. The average molecular weight is 326 g/mol. The van der Waals surface area contributed by atoms with Crippen LogP contribution in [0.25, 0.3) is 0 Å². The minimum atomic E-state index is -0.324. The third kappa shape index (κ3) is 3.28. The van der Waals surface area contributed by atoms with Crippen molar-refractivity contribution in [2.24, 2.45) is 0 Å². The largest absolute Gasteiger partial charge is 0.368 e. The second-order valence-electron chi connectivity index (χ2n) is 6.53. The van der Waals surface area contributed by atoms with Gasteiger partial charge in [0.05, 0.1) is 0 Å². The Balaban J connectivity index is 1.69. The zero-order chi connectivity index (χ0) is 17.3. The van der Waals surface area contributed by atoms with Crippen LogP contribution >= 0.6 is 0 Å². The highest BCUT2D eigenvalue weighted by Gasteiger charge is 2.23. The molecule has 1 saturated heterocycles. The maximum Gasteiger partial charge on any atom is 0.254 e. The Kier molecular flexibility index (Phi) is 4.56. The van der Waals surface area contributed by atoms with E-state index in [0.29, 0.717) is 24.2 Å². The lowest BCUT2D eigenvalue weighted by molar-refractivity contribution is 0.0746. The van der Waals surface area contributed by atoms with Crippen LogP contribution in [0.4, 0.5) is 10.1 Å². The third-order valence-corrected chi connectivity index (χ3v) is 4.69. The Labute approximate surface area is 142 Å². The number of hydrogen-bond acceptors (Lipinski definition) is 2. The molecule has 2 aromatic rings. The van der Waals surface area contributed by atoms with Crippen LogP contribution in [0, 0.1) is 26.6 Å². The first-order chi connectivity index (χ1) is 11.5. The molecule has 1 fully saturated rings. The quantitative estimate of drug-likeness (QED) is 0.840. The summed E-state index contributed by atoms with van der Waals surface area (Å²) in [6, 6.07) is 11.2. The first-order valence-corrected chi connectivity index (χ1v) is 8.33. The van der Waals surface area contributed by atoms with Crippen LogP contribution in [0.5, 0.6) is 0 Å².